The van der Waals surface area contributed by atoms with Crippen LogP contribution in [0, 0.1) is 44.3 Å². The zero-order valence-electron chi connectivity index (χ0n) is 31.1. The van der Waals surface area contributed by atoms with Crippen LogP contribution in [-0.4, -0.2) is 57.2 Å². The van der Waals surface area contributed by atoms with Crippen molar-refractivity contribution >= 4 is 23.7 Å². The molecule has 6 rings (SSSR count). The number of esters is 3. The van der Waals surface area contributed by atoms with Crippen LogP contribution >= 0.6 is 0 Å². The van der Waals surface area contributed by atoms with Gasteiger partial charge in [0.1, 0.15) is 18.0 Å². The van der Waals surface area contributed by atoms with Crippen LogP contribution in [0.3, 0.4) is 0 Å². The quantitative estimate of drug-likeness (QED) is 0.144. The molecule has 2 saturated carbocycles. The molecule has 0 unspecified atom stereocenters. The number of carbonyl (C=O) groups is 4. The molecule has 5 aliphatic rings. The van der Waals surface area contributed by atoms with Crippen LogP contribution in [0.4, 0.5) is 0 Å². The van der Waals surface area contributed by atoms with Gasteiger partial charge in [0.05, 0.1) is 25.0 Å². The maximum atomic E-state index is 14.7. The van der Waals surface area contributed by atoms with Gasteiger partial charge >= 0.3 is 17.9 Å². The van der Waals surface area contributed by atoms with E-state index in [1.807, 2.05) is 85.7 Å². The average molecular weight is 677 g/mol. The summed E-state index contributed by atoms with van der Waals surface area (Å²) in [4.78, 5) is 57.9. The molecule has 3 fully saturated rings. The summed E-state index contributed by atoms with van der Waals surface area (Å²) in [6.45, 7) is 17.4. The third-order valence-corrected chi connectivity index (χ3v) is 13.9. The number of carbonyl (C=O) groups excluding carboxylic acids is 4. The highest BCUT2D eigenvalue weighted by atomic mass is 16.6. The molecule has 9 nitrogen and oxygen atoms in total. The summed E-state index contributed by atoms with van der Waals surface area (Å²) >= 11 is 0. The number of methoxy groups -OCH3 is 3. The average Bonchev–Trinajstić information content (AvgIpc) is 3.38. The van der Waals surface area contributed by atoms with Crippen LogP contribution < -0.4 is 0 Å². The van der Waals surface area contributed by atoms with E-state index in [0.717, 1.165) is 5.57 Å². The van der Waals surface area contributed by atoms with Crippen molar-refractivity contribution in [3.05, 3.63) is 58.9 Å². The third-order valence-electron chi connectivity index (χ3n) is 13.9. The van der Waals surface area contributed by atoms with Crippen LogP contribution in [-0.2, 0) is 48.5 Å². The Kier molecular flexibility index (Phi) is 7.77. The second-order valence-corrected chi connectivity index (χ2v) is 17.0. The molecule has 0 radical (unpaired) electrons. The van der Waals surface area contributed by atoms with E-state index in [4.69, 9.17) is 23.7 Å². The Balaban J connectivity index is 1.47. The van der Waals surface area contributed by atoms with Gasteiger partial charge in [-0.05, 0) is 45.6 Å². The third kappa shape index (κ3) is 3.81. The largest absolute Gasteiger partial charge is 0.500 e. The molecular weight excluding hydrogens is 624 g/mol. The zero-order valence-corrected chi connectivity index (χ0v) is 31.1. The predicted octanol–water partition coefficient (Wildman–Crippen LogP) is 6.49. The number of Topliss-reactive ketones (excluding diaryl/α,β-unsaturated/α-hetero) is 1. The molecule has 1 aromatic rings. The van der Waals surface area contributed by atoms with Crippen molar-refractivity contribution in [2.45, 2.75) is 99.4 Å². The number of hydrogen-bond acceptors (Lipinski definition) is 9. The fraction of sp³-hybridized carbons (Fsp3) is 0.650. The minimum absolute atomic E-state index is 0.248. The van der Waals surface area contributed by atoms with Crippen molar-refractivity contribution in [2.24, 2.45) is 44.3 Å². The Morgan fingerprint density at radius 1 is 0.959 bits per heavy atom. The second-order valence-electron chi connectivity index (χ2n) is 17.0. The summed E-state index contributed by atoms with van der Waals surface area (Å²) in [5.74, 6) is -2.23. The molecule has 1 heterocycles. The van der Waals surface area contributed by atoms with Gasteiger partial charge in [-0.15, -0.1) is 0 Å². The number of fused-ring (bicyclic) bond motifs is 3. The molecule has 0 spiro atoms. The molecule has 9 heteroatoms. The van der Waals surface area contributed by atoms with Crippen molar-refractivity contribution in [1.82, 2.24) is 0 Å². The Labute approximate surface area is 290 Å². The molecule has 4 aliphatic carbocycles. The lowest BCUT2D eigenvalue weighted by Crippen LogP contribution is -2.71. The number of benzene rings is 1. The highest BCUT2D eigenvalue weighted by molar-refractivity contribution is 6.17. The van der Waals surface area contributed by atoms with Gasteiger partial charge in [0.15, 0.2) is 16.8 Å². The van der Waals surface area contributed by atoms with Crippen LogP contribution in [0.2, 0.25) is 0 Å². The highest BCUT2D eigenvalue weighted by Gasteiger charge is 2.85. The molecule has 2 bridgehead atoms. The summed E-state index contributed by atoms with van der Waals surface area (Å²) in [5.41, 5.74) is -5.84. The maximum Gasteiger partial charge on any atom is 0.343 e. The van der Waals surface area contributed by atoms with Crippen molar-refractivity contribution < 1.29 is 42.9 Å². The van der Waals surface area contributed by atoms with E-state index in [1.165, 1.54) is 21.3 Å². The van der Waals surface area contributed by atoms with E-state index < -0.39 is 68.2 Å². The second kappa shape index (κ2) is 10.8. The zero-order chi connectivity index (χ0) is 36.3. The summed E-state index contributed by atoms with van der Waals surface area (Å²) in [7, 11) is 4.37. The van der Waals surface area contributed by atoms with Crippen LogP contribution in [0.25, 0.3) is 0 Å². The lowest BCUT2D eigenvalue weighted by Gasteiger charge is -2.66. The predicted molar refractivity (Wildman–Crippen MR) is 181 cm³/mol. The fourth-order valence-corrected chi connectivity index (χ4v) is 12.0. The molecule has 0 amide bonds. The van der Waals surface area contributed by atoms with Crippen LogP contribution in [0.15, 0.2) is 53.3 Å². The molecule has 1 aromatic carbocycles. The van der Waals surface area contributed by atoms with Gasteiger partial charge in [-0.25, -0.2) is 4.79 Å². The molecule has 0 aromatic heterocycles. The first-order valence-corrected chi connectivity index (χ1v) is 17.4. The van der Waals surface area contributed by atoms with E-state index in [2.05, 4.69) is 6.08 Å². The van der Waals surface area contributed by atoms with Gasteiger partial charge in [-0.2, -0.15) is 0 Å². The normalized spacial score (nSPS) is 38.7. The topological polar surface area (TPSA) is 114 Å². The number of ketones is 1. The first-order chi connectivity index (χ1) is 22.8. The van der Waals surface area contributed by atoms with E-state index in [1.54, 1.807) is 6.92 Å². The summed E-state index contributed by atoms with van der Waals surface area (Å²) < 4.78 is 30.4. The monoisotopic (exact) mass is 676 g/mol. The molecule has 1 aliphatic heterocycles. The summed E-state index contributed by atoms with van der Waals surface area (Å²) in [6, 6.07) is 9.41. The molecular formula is C40H52O9. The number of rotatable bonds is 6. The Morgan fingerprint density at radius 3 is 2.14 bits per heavy atom. The SMILES string of the molecule is COC(=O)[C@@]12C(=O)C(C)=C(OC)[C@]1(C)C(C)=C[C@H]1[C@]34CC[C@H](OC(=O)[C@@](OC)(c5ccccc5)C(C)(C)C)C(C)(C)[C@H]3[C@H](C[C@@]12C)OC4=O. The first-order valence-electron chi connectivity index (χ1n) is 17.4. The fourth-order valence-electron chi connectivity index (χ4n) is 12.0. The van der Waals surface area contributed by atoms with Gasteiger partial charge in [0.2, 0.25) is 0 Å². The van der Waals surface area contributed by atoms with E-state index in [0.29, 0.717) is 29.7 Å². The van der Waals surface area contributed by atoms with Crippen LogP contribution in [0.1, 0.15) is 87.1 Å². The van der Waals surface area contributed by atoms with Crippen LogP contribution in [0.5, 0.6) is 0 Å². The number of hydrogen-bond donors (Lipinski definition) is 0. The van der Waals surface area contributed by atoms with E-state index in [-0.39, 0.29) is 24.1 Å². The van der Waals surface area contributed by atoms with Gasteiger partial charge in [0.25, 0.3) is 0 Å². The highest BCUT2D eigenvalue weighted by Crippen LogP contribution is 2.79. The Bertz CT molecular complexity index is 1680. The van der Waals surface area contributed by atoms with Gasteiger partial charge < -0.3 is 23.7 Å². The standard InChI is InChI=1S/C40H52O9/c1-22-20-26-36(8,39(32(43)46-11)29(41)23(2)30(45-10)37(22,39)9)21-25-28-35(6,7)27(18-19-38(26,28)31(42)48-25)49-33(44)40(47-12,34(3,4)5)24-16-14-13-15-17-24/h13-17,20,25-28H,18-19,21H2,1-12H3/t25-,26+,27-,28+,36-,37-,38+,39+,40-/m0/s1. The van der Waals surface area contributed by atoms with Crippen molar-refractivity contribution in [2.75, 3.05) is 21.3 Å². The Hall–Kier alpha value is -3.46. The van der Waals surface area contributed by atoms with Crippen molar-refractivity contribution in [3.8, 4) is 0 Å². The lowest BCUT2D eigenvalue weighted by atomic mass is 9.33. The minimum Gasteiger partial charge on any atom is -0.500 e. The lowest BCUT2D eigenvalue weighted by molar-refractivity contribution is -0.227. The number of ether oxygens (including phenoxy) is 5. The van der Waals surface area contributed by atoms with Gasteiger partial charge in [-0.3, -0.25) is 14.4 Å². The molecule has 49 heavy (non-hydrogen) atoms. The Morgan fingerprint density at radius 2 is 1.59 bits per heavy atom. The first kappa shape index (κ1) is 35.4. The molecule has 266 valence electrons. The minimum atomic E-state index is -1.67. The maximum absolute atomic E-state index is 14.7. The summed E-state index contributed by atoms with van der Waals surface area (Å²) in [6.07, 6.45) is 1.89. The molecule has 1 saturated heterocycles. The van der Waals surface area contributed by atoms with E-state index in [9.17, 15) is 19.2 Å². The van der Waals surface area contributed by atoms with Crippen molar-refractivity contribution in [1.29, 1.82) is 0 Å². The van der Waals surface area contributed by atoms with Gasteiger partial charge in [-0.1, -0.05) is 83.5 Å². The summed E-state index contributed by atoms with van der Waals surface area (Å²) in [5, 5.41) is 0. The van der Waals surface area contributed by atoms with Gasteiger partial charge in [0, 0.05) is 40.8 Å². The van der Waals surface area contributed by atoms with E-state index >= 15 is 0 Å². The molecule has 0 N–H and O–H groups in total. The molecule has 9 atom stereocenters. The smallest absolute Gasteiger partial charge is 0.343 e. The number of allylic oxidation sites excluding steroid dienone is 3. The van der Waals surface area contributed by atoms with Crippen molar-refractivity contribution in [3.63, 3.8) is 0 Å².